The number of nitrogens with one attached hydrogen (secondary N) is 1. The Hall–Kier alpha value is -1.98. The standard InChI is InChI=1S/C16H21F2NO3/c1-4-9(2)15(16(21)22)19-14(20)7-10(3)12-6-5-11(17)8-13(12)18/h5-6,8-10,15H,4,7H2,1-3H3,(H,19,20)(H,21,22)/t9-,10?,15-/m0/s1. The molecule has 1 aromatic carbocycles. The van der Waals surface area contributed by atoms with Crippen LogP contribution in [0.15, 0.2) is 18.2 Å². The number of amides is 1. The molecule has 0 aliphatic rings. The molecule has 1 unspecified atom stereocenters. The van der Waals surface area contributed by atoms with Crippen LogP contribution in [0.3, 0.4) is 0 Å². The van der Waals surface area contributed by atoms with Crippen LogP contribution in [0.2, 0.25) is 0 Å². The molecule has 22 heavy (non-hydrogen) atoms. The molecule has 0 aliphatic carbocycles. The summed E-state index contributed by atoms with van der Waals surface area (Å²) >= 11 is 0. The van der Waals surface area contributed by atoms with Gasteiger partial charge in [-0.15, -0.1) is 0 Å². The van der Waals surface area contributed by atoms with Gasteiger partial charge in [0, 0.05) is 12.5 Å². The Kier molecular flexibility index (Phi) is 6.46. The number of carbonyl (C=O) groups is 2. The Morgan fingerprint density at radius 1 is 1.27 bits per heavy atom. The molecule has 0 aliphatic heterocycles. The maximum Gasteiger partial charge on any atom is 0.326 e. The minimum Gasteiger partial charge on any atom is -0.480 e. The van der Waals surface area contributed by atoms with E-state index in [0.717, 1.165) is 12.1 Å². The van der Waals surface area contributed by atoms with Gasteiger partial charge in [-0.25, -0.2) is 13.6 Å². The third-order valence-electron chi connectivity index (χ3n) is 3.78. The Morgan fingerprint density at radius 3 is 2.41 bits per heavy atom. The summed E-state index contributed by atoms with van der Waals surface area (Å²) in [5, 5.41) is 11.6. The minimum absolute atomic E-state index is 0.0667. The molecule has 0 spiro atoms. The lowest BCUT2D eigenvalue weighted by molar-refractivity contribution is -0.143. The van der Waals surface area contributed by atoms with Crippen LogP contribution in [-0.2, 0) is 9.59 Å². The molecule has 4 nitrogen and oxygen atoms in total. The number of aliphatic carboxylic acids is 1. The number of halogens is 2. The van der Waals surface area contributed by atoms with Gasteiger partial charge < -0.3 is 10.4 Å². The van der Waals surface area contributed by atoms with E-state index in [9.17, 15) is 18.4 Å². The molecule has 3 atom stereocenters. The fourth-order valence-electron chi connectivity index (χ4n) is 2.20. The predicted octanol–water partition coefficient (Wildman–Crippen LogP) is 3.07. The van der Waals surface area contributed by atoms with E-state index >= 15 is 0 Å². The molecule has 0 aromatic heterocycles. The maximum absolute atomic E-state index is 13.7. The predicted molar refractivity (Wildman–Crippen MR) is 78.4 cm³/mol. The van der Waals surface area contributed by atoms with Crippen molar-refractivity contribution < 1.29 is 23.5 Å². The fourth-order valence-corrected chi connectivity index (χ4v) is 2.20. The summed E-state index contributed by atoms with van der Waals surface area (Å²) < 4.78 is 26.5. The van der Waals surface area contributed by atoms with Gasteiger partial charge in [0.1, 0.15) is 17.7 Å². The van der Waals surface area contributed by atoms with Crippen LogP contribution in [-0.4, -0.2) is 23.0 Å². The summed E-state index contributed by atoms with van der Waals surface area (Å²) in [4.78, 5) is 23.1. The Labute approximate surface area is 128 Å². The van der Waals surface area contributed by atoms with E-state index in [0.29, 0.717) is 6.42 Å². The first-order valence-electron chi connectivity index (χ1n) is 7.23. The van der Waals surface area contributed by atoms with Crippen molar-refractivity contribution >= 4 is 11.9 Å². The number of carboxylic acid groups (broad SMARTS) is 1. The summed E-state index contributed by atoms with van der Waals surface area (Å²) in [5.74, 6) is -3.64. The Morgan fingerprint density at radius 2 is 1.91 bits per heavy atom. The molecular formula is C16H21F2NO3. The molecule has 1 rings (SSSR count). The van der Waals surface area contributed by atoms with Crippen molar-refractivity contribution in [3.8, 4) is 0 Å². The largest absolute Gasteiger partial charge is 0.480 e. The second kappa shape index (κ2) is 7.87. The molecule has 0 fully saturated rings. The average molecular weight is 313 g/mol. The van der Waals surface area contributed by atoms with Crippen molar-refractivity contribution in [2.75, 3.05) is 0 Å². The van der Waals surface area contributed by atoms with Crippen LogP contribution in [0.5, 0.6) is 0 Å². The highest BCUT2D eigenvalue weighted by Gasteiger charge is 2.26. The lowest BCUT2D eigenvalue weighted by Crippen LogP contribution is -2.45. The van der Waals surface area contributed by atoms with Crippen LogP contribution < -0.4 is 5.32 Å². The highest BCUT2D eigenvalue weighted by Crippen LogP contribution is 2.23. The molecule has 0 bridgehead atoms. The van der Waals surface area contributed by atoms with Crippen molar-refractivity contribution in [2.24, 2.45) is 5.92 Å². The molecule has 0 saturated heterocycles. The number of hydrogen-bond acceptors (Lipinski definition) is 2. The number of benzene rings is 1. The smallest absolute Gasteiger partial charge is 0.326 e. The van der Waals surface area contributed by atoms with E-state index in [2.05, 4.69) is 5.32 Å². The van der Waals surface area contributed by atoms with Crippen LogP contribution in [0.1, 0.15) is 45.1 Å². The van der Waals surface area contributed by atoms with Crippen LogP contribution >= 0.6 is 0 Å². The molecule has 6 heteroatoms. The van der Waals surface area contributed by atoms with Gasteiger partial charge in [0.25, 0.3) is 0 Å². The molecular weight excluding hydrogens is 292 g/mol. The third kappa shape index (κ3) is 4.79. The normalized spacial score (nSPS) is 15.0. The van der Waals surface area contributed by atoms with Crippen molar-refractivity contribution in [1.29, 1.82) is 0 Å². The van der Waals surface area contributed by atoms with Gasteiger partial charge in [0.15, 0.2) is 0 Å². The Bertz CT molecular complexity index is 548. The topological polar surface area (TPSA) is 66.4 Å². The summed E-state index contributed by atoms with van der Waals surface area (Å²) in [5.41, 5.74) is 0.229. The third-order valence-corrected chi connectivity index (χ3v) is 3.78. The van der Waals surface area contributed by atoms with Gasteiger partial charge in [-0.3, -0.25) is 4.79 Å². The number of rotatable bonds is 7. The molecule has 0 radical (unpaired) electrons. The summed E-state index contributed by atoms with van der Waals surface area (Å²) in [6, 6.07) is 2.23. The molecule has 1 amide bonds. The second-order valence-electron chi connectivity index (χ2n) is 5.54. The zero-order valence-electron chi connectivity index (χ0n) is 12.9. The molecule has 122 valence electrons. The zero-order chi connectivity index (χ0) is 16.9. The van der Waals surface area contributed by atoms with Crippen molar-refractivity contribution in [2.45, 2.75) is 45.6 Å². The Balaban J connectivity index is 2.73. The highest BCUT2D eigenvalue weighted by atomic mass is 19.1. The monoisotopic (exact) mass is 313 g/mol. The average Bonchev–Trinajstić information content (AvgIpc) is 2.43. The first-order valence-corrected chi connectivity index (χ1v) is 7.23. The van der Waals surface area contributed by atoms with E-state index in [1.54, 1.807) is 13.8 Å². The van der Waals surface area contributed by atoms with Crippen molar-refractivity contribution in [3.05, 3.63) is 35.4 Å². The second-order valence-corrected chi connectivity index (χ2v) is 5.54. The first-order chi connectivity index (χ1) is 10.3. The van der Waals surface area contributed by atoms with E-state index in [1.807, 2.05) is 6.92 Å². The van der Waals surface area contributed by atoms with Gasteiger partial charge >= 0.3 is 5.97 Å². The lowest BCUT2D eigenvalue weighted by atomic mass is 9.95. The van der Waals surface area contributed by atoms with Gasteiger partial charge in [-0.1, -0.05) is 33.3 Å². The lowest BCUT2D eigenvalue weighted by Gasteiger charge is -2.21. The van der Waals surface area contributed by atoms with Crippen LogP contribution in [0.25, 0.3) is 0 Å². The molecule has 0 saturated carbocycles. The maximum atomic E-state index is 13.7. The molecule has 0 heterocycles. The molecule has 1 aromatic rings. The summed E-state index contributed by atoms with van der Waals surface area (Å²) in [7, 11) is 0. The minimum atomic E-state index is -1.09. The van der Waals surface area contributed by atoms with E-state index in [1.165, 1.54) is 6.07 Å². The summed E-state index contributed by atoms with van der Waals surface area (Å²) in [6.45, 7) is 5.21. The van der Waals surface area contributed by atoms with E-state index in [4.69, 9.17) is 5.11 Å². The zero-order valence-corrected chi connectivity index (χ0v) is 12.9. The fraction of sp³-hybridized carbons (Fsp3) is 0.500. The van der Waals surface area contributed by atoms with E-state index < -0.39 is 35.5 Å². The first kappa shape index (κ1) is 18.1. The van der Waals surface area contributed by atoms with Crippen LogP contribution in [0.4, 0.5) is 8.78 Å². The van der Waals surface area contributed by atoms with Crippen molar-refractivity contribution in [1.82, 2.24) is 5.32 Å². The van der Waals surface area contributed by atoms with Crippen molar-refractivity contribution in [3.63, 3.8) is 0 Å². The SMILES string of the molecule is CC[C@H](C)[C@H](NC(=O)CC(C)c1ccc(F)cc1F)C(=O)O. The number of carboxylic acids is 1. The quantitative estimate of drug-likeness (QED) is 0.813. The van der Waals surface area contributed by atoms with Crippen LogP contribution in [0, 0.1) is 17.6 Å². The highest BCUT2D eigenvalue weighted by molar-refractivity contribution is 5.84. The number of hydrogen-bond donors (Lipinski definition) is 2. The van der Waals surface area contributed by atoms with Gasteiger partial charge in [-0.2, -0.15) is 0 Å². The van der Waals surface area contributed by atoms with Gasteiger partial charge in [0.05, 0.1) is 0 Å². The summed E-state index contributed by atoms with van der Waals surface area (Å²) in [6.07, 6.45) is 0.544. The van der Waals surface area contributed by atoms with Gasteiger partial charge in [0.2, 0.25) is 5.91 Å². The van der Waals surface area contributed by atoms with E-state index in [-0.39, 0.29) is 17.9 Å². The molecule has 2 N–H and O–H groups in total. The number of carbonyl (C=O) groups excluding carboxylic acids is 1. The van der Waals surface area contributed by atoms with Gasteiger partial charge in [-0.05, 0) is 23.5 Å².